The summed E-state index contributed by atoms with van der Waals surface area (Å²) in [6.07, 6.45) is -6.23. The number of hydrogen-bond donors (Lipinski definition) is 2. The molecule has 0 saturated carbocycles. The SMILES string of the molecule is Cc1ccc(C)c(C(=O)CCC(=O)NCC(O)c2ccccc2C(F)(F)F)c1. The smallest absolute Gasteiger partial charge is 0.387 e. The van der Waals surface area contributed by atoms with Gasteiger partial charge in [-0.1, -0.05) is 35.9 Å². The summed E-state index contributed by atoms with van der Waals surface area (Å²) in [5.41, 5.74) is 1.05. The van der Waals surface area contributed by atoms with Gasteiger partial charge in [0.15, 0.2) is 5.78 Å². The van der Waals surface area contributed by atoms with E-state index in [9.17, 15) is 27.9 Å². The third kappa shape index (κ3) is 5.66. The molecule has 1 atom stereocenters. The number of Topliss-reactive ketones (excluding diaryl/α,β-unsaturated/α-hetero) is 1. The fourth-order valence-corrected chi connectivity index (χ4v) is 2.85. The Balaban J connectivity index is 1.91. The van der Waals surface area contributed by atoms with Crippen molar-refractivity contribution < 1.29 is 27.9 Å². The first-order valence-electron chi connectivity index (χ1n) is 8.81. The van der Waals surface area contributed by atoms with Crippen LogP contribution in [0.15, 0.2) is 42.5 Å². The number of ketones is 1. The Kier molecular flexibility index (Phi) is 6.96. The molecule has 0 aliphatic heterocycles. The molecule has 2 N–H and O–H groups in total. The van der Waals surface area contributed by atoms with Crippen molar-refractivity contribution in [2.75, 3.05) is 6.54 Å². The molecule has 4 nitrogen and oxygen atoms in total. The highest BCUT2D eigenvalue weighted by Crippen LogP contribution is 2.34. The van der Waals surface area contributed by atoms with Gasteiger partial charge in [-0.25, -0.2) is 0 Å². The molecule has 0 heterocycles. The largest absolute Gasteiger partial charge is 0.416 e. The van der Waals surface area contributed by atoms with Gasteiger partial charge in [0.25, 0.3) is 0 Å². The van der Waals surface area contributed by atoms with Crippen LogP contribution in [0.1, 0.15) is 51.6 Å². The number of amides is 1. The predicted molar refractivity (Wildman–Crippen MR) is 98.9 cm³/mol. The summed E-state index contributed by atoms with van der Waals surface area (Å²) in [6.45, 7) is 3.30. The summed E-state index contributed by atoms with van der Waals surface area (Å²) in [4.78, 5) is 24.2. The van der Waals surface area contributed by atoms with Crippen LogP contribution < -0.4 is 5.32 Å². The Hall–Kier alpha value is -2.67. The third-order valence-electron chi connectivity index (χ3n) is 4.39. The minimum atomic E-state index is -4.60. The molecule has 28 heavy (non-hydrogen) atoms. The molecule has 0 aromatic heterocycles. The minimum Gasteiger partial charge on any atom is -0.387 e. The summed E-state index contributed by atoms with van der Waals surface area (Å²) >= 11 is 0. The Bertz CT molecular complexity index is 862. The monoisotopic (exact) mass is 393 g/mol. The van der Waals surface area contributed by atoms with Crippen molar-refractivity contribution in [1.29, 1.82) is 0 Å². The molecule has 2 aromatic rings. The standard InChI is InChI=1S/C21H22F3NO3/c1-13-7-8-14(2)16(11-13)18(26)9-10-20(28)25-12-19(27)15-5-3-4-6-17(15)21(22,23)24/h3-8,11,19,27H,9-10,12H2,1-2H3,(H,25,28). The number of hydrogen-bond acceptors (Lipinski definition) is 3. The summed E-state index contributed by atoms with van der Waals surface area (Å²) in [5, 5.41) is 12.4. The first-order chi connectivity index (χ1) is 13.1. The Morgan fingerprint density at radius 1 is 1.07 bits per heavy atom. The average molecular weight is 393 g/mol. The normalized spacial score (nSPS) is 12.5. The van der Waals surface area contributed by atoms with Crippen LogP contribution in [0.4, 0.5) is 13.2 Å². The zero-order chi connectivity index (χ0) is 20.9. The molecule has 0 aliphatic carbocycles. The van der Waals surface area contributed by atoms with Gasteiger partial charge in [0.2, 0.25) is 5.91 Å². The lowest BCUT2D eigenvalue weighted by atomic mass is 9.99. The molecular formula is C21H22F3NO3. The fraction of sp³-hybridized carbons (Fsp3) is 0.333. The second-order valence-corrected chi connectivity index (χ2v) is 6.65. The van der Waals surface area contributed by atoms with Gasteiger partial charge < -0.3 is 10.4 Å². The summed E-state index contributed by atoms with van der Waals surface area (Å²) in [6, 6.07) is 10.1. The first kappa shape index (κ1) is 21.6. The summed E-state index contributed by atoms with van der Waals surface area (Å²) in [5.74, 6) is -0.693. The molecule has 0 fully saturated rings. The van der Waals surface area contributed by atoms with Gasteiger partial charge in [-0.15, -0.1) is 0 Å². The molecule has 0 saturated heterocycles. The second kappa shape index (κ2) is 9.01. The zero-order valence-electron chi connectivity index (χ0n) is 15.6. The van der Waals surface area contributed by atoms with Crippen LogP contribution in [0.25, 0.3) is 0 Å². The molecule has 1 amide bonds. The highest BCUT2D eigenvalue weighted by molar-refractivity contribution is 5.99. The number of halogens is 3. The van der Waals surface area contributed by atoms with Gasteiger partial charge >= 0.3 is 6.18 Å². The number of aryl methyl sites for hydroxylation is 2. The van der Waals surface area contributed by atoms with E-state index in [1.807, 2.05) is 19.1 Å². The molecule has 1 unspecified atom stereocenters. The van der Waals surface area contributed by atoms with E-state index >= 15 is 0 Å². The van der Waals surface area contributed by atoms with Crippen LogP contribution in [0.3, 0.4) is 0 Å². The Morgan fingerprint density at radius 2 is 1.75 bits per heavy atom. The number of aliphatic hydroxyl groups excluding tert-OH is 1. The minimum absolute atomic E-state index is 0.0225. The number of rotatable bonds is 7. The van der Waals surface area contributed by atoms with Gasteiger partial charge in [-0.05, 0) is 37.1 Å². The van der Waals surface area contributed by atoms with Gasteiger partial charge in [0.1, 0.15) is 0 Å². The Labute approximate surface area is 161 Å². The van der Waals surface area contributed by atoms with Gasteiger partial charge in [0.05, 0.1) is 11.7 Å². The van der Waals surface area contributed by atoms with E-state index in [4.69, 9.17) is 0 Å². The van der Waals surface area contributed by atoms with Crippen molar-refractivity contribution in [1.82, 2.24) is 5.32 Å². The Morgan fingerprint density at radius 3 is 2.43 bits per heavy atom. The van der Waals surface area contributed by atoms with Crippen molar-refractivity contribution >= 4 is 11.7 Å². The van der Waals surface area contributed by atoms with E-state index < -0.39 is 23.8 Å². The molecule has 150 valence electrons. The van der Waals surface area contributed by atoms with E-state index in [0.29, 0.717) is 5.56 Å². The van der Waals surface area contributed by atoms with Crippen LogP contribution >= 0.6 is 0 Å². The van der Waals surface area contributed by atoms with Gasteiger partial charge in [-0.2, -0.15) is 13.2 Å². The zero-order valence-corrected chi connectivity index (χ0v) is 15.6. The molecule has 2 rings (SSSR count). The first-order valence-corrected chi connectivity index (χ1v) is 8.81. The number of nitrogens with one attached hydrogen (secondary N) is 1. The summed E-state index contributed by atoms with van der Waals surface area (Å²) < 4.78 is 39.0. The fourth-order valence-electron chi connectivity index (χ4n) is 2.85. The maximum atomic E-state index is 13.0. The molecule has 0 radical (unpaired) electrons. The van der Waals surface area contributed by atoms with Crippen molar-refractivity contribution in [2.24, 2.45) is 0 Å². The molecule has 2 aromatic carbocycles. The summed E-state index contributed by atoms with van der Waals surface area (Å²) in [7, 11) is 0. The van der Waals surface area contributed by atoms with Gasteiger partial charge in [-0.3, -0.25) is 9.59 Å². The lowest BCUT2D eigenvalue weighted by Gasteiger charge is -2.18. The van der Waals surface area contributed by atoms with Gasteiger partial charge in [0, 0.05) is 24.9 Å². The lowest BCUT2D eigenvalue weighted by Crippen LogP contribution is -2.29. The molecule has 7 heteroatoms. The van der Waals surface area contributed by atoms with Crippen molar-refractivity contribution in [3.63, 3.8) is 0 Å². The van der Waals surface area contributed by atoms with E-state index in [1.165, 1.54) is 18.2 Å². The van der Waals surface area contributed by atoms with Crippen molar-refractivity contribution in [3.05, 3.63) is 70.3 Å². The van der Waals surface area contributed by atoms with Crippen LogP contribution in [0, 0.1) is 13.8 Å². The maximum absolute atomic E-state index is 13.0. The highest BCUT2D eigenvalue weighted by Gasteiger charge is 2.34. The molecular weight excluding hydrogens is 371 g/mol. The van der Waals surface area contributed by atoms with E-state index in [2.05, 4.69) is 5.32 Å². The van der Waals surface area contributed by atoms with E-state index in [1.54, 1.807) is 13.0 Å². The molecule has 0 spiro atoms. The van der Waals surface area contributed by atoms with Crippen LogP contribution in [0.5, 0.6) is 0 Å². The topological polar surface area (TPSA) is 66.4 Å². The third-order valence-corrected chi connectivity index (χ3v) is 4.39. The van der Waals surface area contributed by atoms with Crippen LogP contribution in [-0.4, -0.2) is 23.3 Å². The maximum Gasteiger partial charge on any atom is 0.416 e. The second-order valence-electron chi connectivity index (χ2n) is 6.65. The highest BCUT2D eigenvalue weighted by atomic mass is 19.4. The van der Waals surface area contributed by atoms with Crippen molar-refractivity contribution in [3.8, 4) is 0 Å². The number of carbonyl (C=O) groups excluding carboxylic acids is 2. The van der Waals surface area contributed by atoms with Crippen molar-refractivity contribution in [2.45, 2.75) is 39.0 Å². The number of alkyl halides is 3. The number of carbonyl (C=O) groups is 2. The van der Waals surface area contributed by atoms with Crippen LogP contribution in [-0.2, 0) is 11.0 Å². The molecule has 0 bridgehead atoms. The lowest BCUT2D eigenvalue weighted by molar-refractivity contribution is -0.139. The number of aliphatic hydroxyl groups is 1. The predicted octanol–water partition coefficient (Wildman–Crippen LogP) is 4.13. The van der Waals surface area contributed by atoms with Crippen LogP contribution in [0.2, 0.25) is 0 Å². The van der Waals surface area contributed by atoms with E-state index in [0.717, 1.165) is 17.2 Å². The average Bonchev–Trinajstić information content (AvgIpc) is 2.65. The van der Waals surface area contributed by atoms with E-state index in [-0.39, 0.29) is 30.7 Å². The number of benzene rings is 2. The quantitative estimate of drug-likeness (QED) is 0.695. The molecule has 0 aliphatic rings.